The molecule has 4 rings (SSSR count). The quantitative estimate of drug-likeness (QED) is 0.583. The van der Waals surface area contributed by atoms with E-state index in [9.17, 15) is 4.79 Å². The number of rotatable bonds is 3. The molecule has 8 heteroatoms. The van der Waals surface area contributed by atoms with Gasteiger partial charge in [0, 0.05) is 56.2 Å². The first-order chi connectivity index (χ1) is 15.2. The minimum Gasteiger partial charge on any atom is -0.322 e. The fraction of sp³-hybridized carbons (Fsp3) is 0.208. The molecular weight excluding hydrogens is 445 g/mol. The van der Waals surface area contributed by atoms with Crippen LogP contribution in [-0.2, 0) is 6.54 Å². The van der Waals surface area contributed by atoms with Crippen molar-refractivity contribution in [3.05, 3.63) is 88.8 Å². The number of urea groups is 1. The van der Waals surface area contributed by atoms with Crippen molar-refractivity contribution in [2.45, 2.75) is 6.54 Å². The number of anilines is 1. The maximum absolute atomic E-state index is 12.4. The van der Waals surface area contributed by atoms with Gasteiger partial charge >= 0.3 is 6.03 Å². The van der Waals surface area contributed by atoms with Crippen molar-refractivity contribution < 1.29 is 4.79 Å². The van der Waals surface area contributed by atoms with E-state index in [-0.39, 0.29) is 18.4 Å². The topological polar surface area (TPSA) is 61.4 Å². The summed E-state index contributed by atoms with van der Waals surface area (Å²) in [5.41, 5.74) is 2.98. The van der Waals surface area contributed by atoms with Crippen molar-refractivity contribution in [3.8, 4) is 11.8 Å². The maximum Gasteiger partial charge on any atom is 0.323 e. The maximum atomic E-state index is 12.4. The third-order valence-electron chi connectivity index (χ3n) is 5.01. The third kappa shape index (κ3) is 6.44. The van der Waals surface area contributed by atoms with Crippen LogP contribution in [0.25, 0.3) is 0 Å². The highest BCUT2D eigenvalue weighted by molar-refractivity contribution is 6.31. The lowest BCUT2D eigenvalue weighted by molar-refractivity contribution is 0.143. The van der Waals surface area contributed by atoms with Crippen molar-refractivity contribution in [2.75, 3.05) is 31.5 Å². The van der Waals surface area contributed by atoms with Crippen molar-refractivity contribution in [3.63, 3.8) is 0 Å². The van der Waals surface area contributed by atoms with E-state index >= 15 is 0 Å². The van der Waals surface area contributed by atoms with E-state index in [1.807, 2.05) is 36.4 Å². The molecule has 0 radical (unpaired) electrons. The van der Waals surface area contributed by atoms with Crippen LogP contribution in [0.5, 0.6) is 0 Å². The van der Waals surface area contributed by atoms with Gasteiger partial charge in [-0.1, -0.05) is 47.7 Å². The summed E-state index contributed by atoms with van der Waals surface area (Å²) in [6.45, 7) is 3.77. The molecule has 1 saturated heterocycles. The van der Waals surface area contributed by atoms with Crippen LogP contribution in [0.4, 0.5) is 10.6 Å². The Labute approximate surface area is 199 Å². The van der Waals surface area contributed by atoms with E-state index in [2.05, 4.69) is 44.2 Å². The van der Waals surface area contributed by atoms with Gasteiger partial charge in [-0.3, -0.25) is 15.2 Å². The summed E-state index contributed by atoms with van der Waals surface area (Å²) in [6.07, 6.45) is 4.67. The summed E-state index contributed by atoms with van der Waals surface area (Å²) in [7, 11) is 0. The van der Waals surface area contributed by atoms with E-state index < -0.39 is 0 Å². The zero-order chi connectivity index (χ0) is 21.5. The summed E-state index contributed by atoms with van der Waals surface area (Å²) in [6, 6.07) is 15.7. The molecule has 0 atom stereocenters. The lowest BCUT2D eigenvalue weighted by Crippen LogP contribution is -2.49. The molecule has 1 aliphatic rings. The van der Waals surface area contributed by atoms with E-state index in [1.165, 1.54) is 11.8 Å². The zero-order valence-corrected chi connectivity index (χ0v) is 18.9. The molecule has 0 bridgehead atoms. The number of hydrogen-bond acceptors (Lipinski definition) is 4. The van der Waals surface area contributed by atoms with Gasteiger partial charge in [-0.2, -0.15) is 0 Å². The van der Waals surface area contributed by atoms with Crippen LogP contribution in [0.3, 0.4) is 0 Å². The molecule has 2 heterocycles. The van der Waals surface area contributed by atoms with Crippen molar-refractivity contribution in [1.82, 2.24) is 19.8 Å². The van der Waals surface area contributed by atoms with Crippen LogP contribution in [0.15, 0.2) is 67.1 Å². The monoisotopic (exact) mass is 467 g/mol. The number of carbonyl (C=O) groups excluding carboxylic acids is 1. The summed E-state index contributed by atoms with van der Waals surface area (Å²) in [5, 5.41) is 3.44. The normalized spacial score (nSPS) is 13.5. The minimum absolute atomic E-state index is 0. The first-order valence-corrected chi connectivity index (χ1v) is 10.4. The highest BCUT2D eigenvalue weighted by Crippen LogP contribution is 2.15. The van der Waals surface area contributed by atoms with Gasteiger partial charge in [-0.15, -0.1) is 12.4 Å². The predicted octanol–water partition coefficient (Wildman–Crippen LogP) is 4.30. The second-order valence-electron chi connectivity index (χ2n) is 7.21. The molecule has 1 aromatic heterocycles. The number of piperazine rings is 1. The fourth-order valence-electron chi connectivity index (χ4n) is 3.37. The Bertz CT molecular complexity index is 1110. The Balaban J connectivity index is 0.00000289. The highest BCUT2D eigenvalue weighted by Gasteiger charge is 2.21. The van der Waals surface area contributed by atoms with Crippen molar-refractivity contribution >= 4 is 35.9 Å². The van der Waals surface area contributed by atoms with Gasteiger partial charge in [0.15, 0.2) is 5.82 Å². The summed E-state index contributed by atoms with van der Waals surface area (Å²) < 4.78 is 0. The smallest absolute Gasteiger partial charge is 0.322 e. The molecule has 0 saturated carbocycles. The largest absolute Gasteiger partial charge is 0.323 e. The molecule has 164 valence electrons. The number of halogens is 2. The molecule has 1 fully saturated rings. The Hall–Kier alpha value is -3.11. The minimum atomic E-state index is -0.142. The molecule has 32 heavy (non-hydrogen) atoms. The van der Waals surface area contributed by atoms with Crippen LogP contribution >= 0.6 is 24.0 Å². The number of nitrogens with zero attached hydrogens (tertiary/aromatic N) is 4. The molecule has 1 aliphatic heterocycles. The van der Waals surface area contributed by atoms with Gasteiger partial charge < -0.3 is 4.90 Å². The number of aromatic nitrogens is 2. The van der Waals surface area contributed by atoms with Gasteiger partial charge in [0.05, 0.1) is 11.2 Å². The van der Waals surface area contributed by atoms with E-state index in [1.54, 1.807) is 17.3 Å². The Morgan fingerprint density at radius 2 is 1.84 bits per heavy atom. The SMILES string of the molecule is Cl.O=C(Nc1cnccn1)N1CCN(Cc2cccc(C#Cc3ccccc3Cl)c2)CC1. The van der Waals surface area contributed by atoms with Gasteiger partial charge in [-0.25, -0.2) is 9.78 Å². The van der Waals surface area contributed by atoms with Crippen molar-refractivity contribution in [2.24, 2.45) is 0 Å². The second-order valence-corrected chi connectivity index (χ2v) is 7.62. The number of benzene rings is 2. The molecule has 6 nitrogen and oxygen atoms in total. The summed E-state index contributed by atoms with van der Waals surface area (Å²) in [4.78, 5) is 24.6. The number of hydrogen-bond donors (Lipinski definition) is 1. The van der Waals surface area contributed by atoms with Crippen LogP contribution < -0.4 is 5.32 Å². The van der Waals surface area contributed by atoms with Gasteiger partial charge in [0.2, 0.25) is 0 Å². The highest BCUT2D eigenvalue weighted by atomic mass is 35.5. The van der Waals surface area contributed by atoms with E-state index in [0.29, 0.717) is 23.9 Å². The van der Waals surface area contributed by atoms with E-state index in [4.69, 9.17) is 11.6 Å². The molecule has 0 unspecified atom stereocenters. The van der Waals surface area contributed by atoms with Crippen LogP contribution in [0.1, 0.15) is 16.7 Å². The molecule has 0 spiro atoms. The number of nitrogens with one attached hydrogen (secondary N) is 1. The Kier molecular flexibility index (Phi) is 8.46. The van der Waals surface area contributed by atoms with Crippen LogP contribution in [0.2, 0.25) is 5.02 Å². The molecule has 0 aliphatic carbocycles. The number of amides is 2. The average molecular weight is 468 g/mol. The standard InChI is InChI=1S/C24H22ClN5O.ClH/c25-22-7-2-1-6-21(22)9-8-19-4-3-5-20(16-19)18-29-12-14-30(15-13-29)24(31)28-23-17-26-10-11-27-23;/h1-7,10-11,16-17H,12-15,18H2,(H,27,28,31);1H. The first-order valence-electron chi connectivity index (χ1n) is 10.1. The summed E-state index contributed by atoms with van der Waals surface area (Å²) >= 11 is 6.18. The van der Waals surface area contributed by atoms with Crippen LogP contribution in [0, 0.1) is 11.8 Å². The van der Waals surface area contributed by atoms with Crippen LogP contribution in [-0.4, -0.2) is 52.0 Å². The number of carbonyl (C=O) groups is 1. The van der Waals surface area contributed by atoms with Crippen molar-refractivity contribution in [1.29, 1.82) is 0 Å². The average Bonchev–Trinajstić information content (AvgIpc) is 2.80. The van der Waals surface area contributed by atoms with E-state index in [0.717, 1.165) is 30.8 Å². The predicted molar refractivity (Wildman–Crippen MR) is 129 cm³/mol. The third-order valence-corrected chi connectivity index (χ3v) is 5.34. The zero-order valence-electron chi connectivity index (χ0n) is 17.4. The molecule has 1 N–H and O–H groups in total. The van der Waals surface area contributed by atoms with Gasteiger partial charge in [0.1, 0.15) is 0 Å². The lowest BCUT2D eigenvalue weighted by atomic mass is 10.1. The second kappa shape index (κ2) is 11.5. The first kappa shape index (κ1) is 23.6. The Morgan fingerprint density at radius 3 is 2.59 bits per heavy atom. The summed E-state index contributed by atoms with van der Waals surface area (Å²) in [5.74, 6) is 6.80. The molecule has 3 aromatic rings. The molecule has 2 aromatic carbocycles. The van der Waals surface area contributed by atoms with Gasteiger partial charge in [-0.05, 0) is 29.8 Å². The fourth-order valence-corrected chi connectivity index (χ4v) is 3.55. The van der Waals surface area contributed by atoms with Gasteiger partial charge in [0.25, 0.3) is 0 Å². The Morgan fingerprint density at radius 1 is 1.03 bits per heavy atom. The molecule has 2 amide bonds. The molecular formula is C24H23Cl2N5O. The lowest BCUT2D eigenvalue weighted by Gasteiger charge is -2.34.